The Labute approximate surface area is 112 Å². The van der Waals surface area contributed by atoms with Gasteiger partial charge in [-0.25, -0.2) is 8.78 Å². The molecule has 0 radical (unpaired) electrons. The summed E-state index contributed by atoms with van der Waals surface area (Å²) in [5.41, 5.74) is 5.52. The fourth-order valence-electron chi connectivity index (χ4n) is 1.62. The van der Waals surface area contributed by atoms with Gasteiger partial charge in [0.15, 0.2) is 0 Å². The molecule has 0 bridgehead atoms. The van der Waals surface area contributed by atoms with E-state index in [4.69, 9.17) is 5.73 Å². The van der Waals surface area contributed by atoms with Crippen LogP contribution in [0.2, 0.25) is 0 Å². The summed E-state index contributed by atoms with van der Waals surface area (Å²) >= 11 is 0. The van der Waals surface area contributed by atoms with Crippen molar-refractivity contribution >= 4 is 5.91 Å². The van der Waals surface area contributed by atoms with Gasteiger partial charge in [0.25, 0.3) is 0 Å². The minimum absolute atomic E-state index is 0.106. The maximum atomic E-state index is 13.6. The molecule has 106 valence electrons. The lowest BCUT2D eigenvalue weighted by Gasteiger charge is -2.27. The second kappa shape index (κ2) is 5.65. The number of carbonyl (C=O) groups excluding carboxylic acids is 1. The third-order valence-electron chi connectivity index (χ3n) is 3.00. The summed E-state index contributed by atoms with van der Waals surface area (Å²) in [6, 6.07) is 1.79. The van der Waals surface area contributed by atoms with Crippen LogP contribution in [-0.4, -0.2) is 11.9 Å². The van der Waals surface area contributed by atoms with Gasteiger partial charge in [0.1, 0.15) is 11.6 Å². The number of rotatable bonds is 3. The summed E-state index contributed by atoms with van der Waals surface area (Å²) in [4.78, 5) is 11.9. The molecule has 0 saturated heterocycles. The fourth-order valence-corrected chi connectivity index (χ4v) is 1.62. The van der Waals surface area contributed by atoms with Gasteiger partial charge < -0.3 is 11.1 Å². The summed E-state index contributed by atoms with van der Waals surface area (Å²) in [5, 5.41) is 2.60. The lowest BCUT2D eigenvalue weighted by Crippen LogP contribution is -2.49. The zero-order valence-corrected chi connectivity index (χ0v) is 11.6. The third kappa shape index (κ3) is 3.99. The van der Waals surface area contributed by atoms with E-state index in [9.17, 15) is 13.6 Å². The van der Waals surface area contributed by atoms with Gasteiger partial charge in [-0.15, -0.1) is 0 Å². The number of amides is 1. The van der Waals surface area contributed by atoms with Crippen molar-refractivity contribution in [3.63, 3.8) is 0 Å². The van der Waals surface area contributed by atoms with Crippen molar-refractivity contribution in [1.82, 2.24) is 5.32 Å². The van der Waals surface area contributed by atoms with Gasteiger partial charge in [0.05, 0.1) is 12.1 Å². The Morgan fingerprint density at radius 2 is 1.89 bits per heavy atom. The van der Waals surface area contributed by atoms with Crippen LogP contribution in [0.1, 0.15) is 39.3 Å². The van der Waals surface area contributed by atoms with Crippen LogP contribution in [0.5, 0.6) is 0 Å². The summed E-state index contributed by atoms with van der Waals surface area (Å²) in [6.45, 7) is 7.10. The fraction of sp³-hybridized carbons (Fsp3) is 0.500. The van der Waals surface area contributed by atoms with Gasteiger partial charge in [-0.05, 0) is 30.5 Å². The van der Waals surface area contributed by atoms with Crippen LogP contribution in [0.4, 0.5) is 8.78 Å². The third-order valence-corrected chi connectivity index (χ3v) is 3.00. The van der Waals surface area contributed by atoms with Gasteiger partial charge in [0.2, 0.25) is 5.91 Å². The van der Waals surface area contributed by atoms with Gasteiger partial charge >= 0.3 is 0 Å². The van der Waals surface area contributed by atoms with E-state index >= 15 is 0 Å². The molecule has 3 nitrogen and oxygen atoms in total. The smallest absolute Gasteiger partial charge is 0.237 e. The molecule has 0 aliphatic rings. The second-order valence-corrected chi connectivity index (χ2v) is 5.74. The van der Waals surface area contributed by atoms with Crippen molar-refractivity contribution in [2.24, 2.45) is 11.1 Å². The Morgan fingerprint density at radius 1 is 1.32 bits per heavy atom. The monoisotopic (exact) mass is 270 g/mol. The van der Waals surface area contributed by atoms with Crippen LogP contribution in [0.25, 0.3) is 0 Å². The highest BCUT2D eigenvalue weighted by molar-refractivity contribution is 5.82. The molecule has 1 aromatic rings. The van der Waals surface area contributed by atoms with Gasteiger partial charge in [-0.2, -0.15) is 0 Å². The first-order valence-corrected chi connectivity index (χ1v) is 6.14. The minimum Gasteiger partial charge on any atom is -0.348 e. The SMILES string of the molecule is CC(NC(=O)[C@H](N)C(C)(C)C)c1cc(F)ccc1F. The molecule has 0 saturated carbocycles. The molecule has 2 atom stereocenters. The molecular weight excluding hydrogens is 250 g/mol. The zero-order valence-electron chi connectivity index (χ0n) is 11.6. The Morgan fingerprint density at radius 3 is 2.42 bits per heavy atom. The first-order valence-electron chi connectivity index (χ1n) is 6.14. The molecule has 3 N–H and O–H groups in total. The summed E-state index contributed by atoms with van der Waals surface area (Å²) in [6.07, 6.45) is 0. The standard InChI is InChI=1S/C14H20F2N2O/c1-8(10-7-9(15)5-6-11(10)16)18-13(19)12(17)14(2,3)4/h5-8,12H,17H2,1-4H3,(H,18,19)/t8?,12-/m0/s1. The molecule has 0 heterocycles. The highest BCUT2D eigenvalue weighted by atomic mass is 19.1. The van der Waals surface area contributed by atoms with E-state index in [0.717, 1.165) is 18.2 Å². The average Bonchev–Trinajstić information content (AvgIpc) is 2.29. The Kier molecular flexibility index (Phi) is 4.63. The number of nitrogens with one attached hydrogen (secondary N) is 1. The highest BCUT2D eigenvalue weighted by Crippen LogP contribution is 2.21. The minimum atomic E-state index is -0.716. The molecule has 1 amide bonds. The van der Waals surface area contributed by atoms with Gasteiger partial charge in [-0.1, -0.05) is 20.8 Å². The van der Waals surface area contributed by atoms with Crippen LogP contribution in [-0.2, 0) is 4.79 Å². The number of hydrogen-bond donors (Lipinski definition) is 2. The van der Waals surface area contributed by atoms with E-state index in [0.29, 0.717) is 0 Å². The summed E-state index contributed by atoms with van der Waals surface area (Å²) in [5.74, 6) is -1.49. The van der Waals surface area contributed by atoms with E-state index in [1.165, 1.54) is 0 Å². The quantitative estimate of drug-likeness (QED) is 0.886. The van der Waals surface area contributed by atoms with Crippen molar-refractivity contribution < 1.29 is 13.6 Å². The van der Waals surface area contributed by atoms with E-state index in [1.807, 2.05) is 20.8 Å². The van der Waals surface area contributed by atoms with E-state index in [2.05, 4.69) is 5.32 Å². The molecule has 1 rings (SSSR count). The predicted molar refractivity (Wildman–Crippen MR) is 70.3 cm³/mol. The van der Waals surface area contributed by atoms with Crippen LogP contribution in [0, 0.1) is 17.0 Å². The Hall–Kier alpha value is -1.49. The van der Waals surface area contributed by atoms with Crippen molar-refractivity contribution in [1.29, 1.82) is 0 Å². The molecule has 1 unspecified atom stereocenters. The van der Waals surface area contributed by atoms with Gasteiger partial charge in [0, 0.05) is 5.56 Å². The normalized spacial score (nSPS) is 14.9. The predicted octanol–water partition coefficient (Wildman–Crippen LogP) is 2.52. The molecule has 5 heteroatoms. The summed E-state index contributed by atoms with van der Waals surface area (Å²) < 4.78 is 26.6. The van der Waals surface area contributed by atoms with Crippen molar-refractivity contribution in [3.8, 4) is 0 Å². The van der Waals surface area contributed by atoms with Crippen molar-refractivity contribution in [3.05, 3.63) is 35.4 Å². The lowest BCUT2D eigenvalue weighted by atomic mass is 9.86. The highest BCUT2D eigenvalue weighted by Gasteiger charge is 2.28. The molecule has 0 aromatic heterocycles. The van der Waals surface area contributed by atoms with Crippen LogP contribution in [0.15, 0.2) is 18.2 Å². The molecule has 19 heavy (non-hydrogen) atoms. The number of hydrogen-bond acceptors (Lipinski definition) is 2. The van der Waals surface area contributed by atoms with Crippen molar-refractivity contribution in [2.45, 2.75) is 39.8 Å². The van der Waals surface area contributed by atoms with Gasteiger partial charge in [-0.3, -0.25) is 4.79 Å². The van der Waals surface area contributed by atoms with E-state index in [-0.39, 0.29) is 11.5 Å². The summed E-state index contributed by atoms with van der Waals surface area (Å²) in [7, 11) is 0. The maximum absolute atomic E-state index is 13.6. The number of halogens is 2. The lowest BCUT2D eigenvalue weighted by molar-refractivity contribution is -0.125. The van der Waals surface area contributed by atoms with Crippen LogP contribution >= 0.6 is 0 Å². The Bertz CT molecular complexity index is 469. The largest absolute Gasteiger partial charge is 0.348 e. The van der Waals surface area contributed by atoms with E-state index in [1.54, 1.807) is 6.92 Å². The molecule has 0 aliphatic carbocycles. The molecule has 0 aliphatic heterocycles. The van der Waals surface area contributed by atoms with Crippen LogP contribution in [0.3, 0.4) is 0 Å². The topological polar surface area (TPSA) is 55.1 Å². The first kappa shape index (κ1) is 15.6. The van der Waals surface area contributed by atoms with E-state index < -0.39 is 29.1 Å². The molecular formula is C14H20F2N2O. The Balaban J connectivity index is 2.83. The molecule has 0 fully saturated rings. The van der Waals surface area contributed by atoms with Crippen LogP contribution < -0.4 is 11.1 Å². The van der Waals surface area contributed by atoms with Crippen molar-refractivity contribution in [2.75, 3.05) is 0 Å². The zero-order chi connectivity index (χ0) is 14.8. The maximum Gasteiger partial charge on any atom is 0.237 e. The molecule has 0 spiro atoms. The average molecular weight is 270 g/mol. The molecule has 1 aromatic carbocycles. The number of nitrogens with two attached hydrogens (primary N) is 1. The second-order valence-electron chi connectivity index (χ2n) is 5.74. The first-order chi connectivity index (χ1) is 8.62. The number of carbonyl (C=O) groups is 1. The number of benzene rings is 1.